The van der Waals surface area contributed by atoms with Gasteiger partial charge in [0.1, 0.15) is 0 Å². The molecule has 0 radical (unpaired) electrons. The van der Waals surface area contributed by atoms with Crippen molar-refractivity contribution in [3.8, 4) is 6.07 Å². The van der Waals surface area contributed by atoms with Crippen LogP contribution in [0.5, 0.6) is 0 Å². The summed E-state index contributed by atoms with van der Waals surface area (Å²) in [6.45, 7) is 6.70. The van der Waals surface area contributed by atoms with E-state index in [2.05, 4.69) is 11.1 Å². The number of amides is 1. The number of nitrogens with zero attached hydrogens (tertiary/aromatic N) is 4. The van der Waals surface area contributed by atoms with Crippen LogP contribution in [0.15, 0.2) is 52.4 Å². The molecule has 3 rings (SSSR count). The molecule has 0 unspecified atom stereocenters. The van der Waals surface area contributed by atoms with E-state index in [4.69, 9.17) is 5.26 Å². The van der Waals surface area contributed by atoms with Gasteiger partial charge >= 0.3 is 0 Å². The van der Waals surface area contributed by atoms with Gasteiger partial charge in [-0.15, -0.1) is 0 Å². The second-order valence-electron chi connectivity index (χ2n) is 6.97. The molecule has 0 bridgehead atoms. The lowest BCUT2D eigenvalue weighted by Crippen LogP contribution is -2.33. The molecule has 0 saturated carbocycles. The average molecular weight is 421 g/mol. The van der Waals surface area contributed by atoms with Gasteiger partial charge in [-0.2, -0.15) is 5.26 Å². The zero-order chi connectivity index (χ0) is 21.7. The van der Waals surface area contributed by atoms with E-state index in [-0.39, 0.29) is 23.6 Å². The lowest BCUT2D eigenvalue weighted by molar-refractivity contribution is -0.116. The zero-order valence-corrected chi connectivity index (χ0v) is 18.2. The number of fused-ring (bicyclic) bond motifs is 1. The Labute approximate surface area is 180 Å². The molecule has 7 heteroatoms. The number of anilines is 1. The quantitative estimate of drug-likeness (QED) is 0.425. The third kappa shape index (κ3) is 4.55. The first-order chi connectivity index (χ1) is 14.5. The predicted octanol–water partition coefficient (Wildman–Crippen LogP) is 4.07. The third-order valence-electron chi connectivity index (χ3n) is 5.02. The predicted molar refractivity (Wildman–Crippen MR) is 121 cm³/mol. The van der Waals surface area contributed by atoms with E-state index < -0.39 is 0 Å². The van der Waals surface area contributed by atoms with Crippen molar-refractivity contribution in [3.63, 3.8) is 0 Å². The number of hydrogen-bond acceptors (Lipinski definition) is 5. The number of carbonyl (C=O) groups is 1. The number of thioether (sulfide) groups is 1. The van der Waals surface area contributed by atoms with Crippen LogP contribution in [0.1, 0.15) is 24.5 Å². The van der Waals surface area contributed by atoms with Gasteiger partial charge in [0.2, 0.25) is 5.91 Å². The van der Waals surface area contributed by atoms with Crippen LogP contribution in [-0.4, -0.2) is 27.8 Å². The Morgan fingerprint density at radius 2 is 1.97 bits per heavy atom. The van der Waals surface area contributed by atoms with Crippen LogP contribution in [0.25, 0.3) is 10.9 Å². The lowest BCUT2D eigenvalue weighted by atomic mass is 10.1. The second-order valence-corrected chi connectivity index (χ2v) is 7.91. The van der Waals surface area contributed by atoms with Crippen molar-refractivity contribution in [2.24, 2.45) is 0 Å². The summed E-state index contributed by atoms with van der Waals surface area (Å²) in [6.07, 6.45) is 0.247. The topological polar surface area (TPSA) is 79.0 Å². The first-order valence-electron chi connectivity index (χ1n) is 9.83. The number of hydrogen-bond donors (Lipinski definition) is 0. The molecule has 30 heavy (non-hydrogen) atoms. The highest BCUT2D eigenvalue weighted by atomic mass is 32.2. The number of rotatable bonds is 7. The average Bonchev–Trinajstić information content (AvgIpc) is 2.75. The molecule has 0 atom stereocenters. The minimum atomic E-state index is -0.122. The Kier molecular flexibility index (Phi) is 6.91. The summed E-state index contributed by atoms with van der Waals surface area (Å²) in [7, 11) is 0. The molecule has 0 aliphatic rings. The van der Waals surface area contributed by atoms with Crippen molar-refractivity contribution < 1.29 is 4.79 Å². The Morgan fingerprint density at radius 1 is 1.20 bits per heavy atom. The largest absolute Gasteiger partial charge is 0.311 e. The van der Waals surface area contributed by atoms with Crippen molar-refractivity contribution in [2.75, 3.05) is 17.2 Å². The highest BCUT2D eigenvalue weighted by Gasteiger charge is 2.18. The van der Waals surface area contributed by atoms with Crippen LogP contribution in [0.4, 0.5) is 5.69 Å². The number of benzene rings is 2. The molecule has 0 aliphatic heterocycles. The van der Waals surface area contributed by atoms with Crippen LogP contribution < -0.4 is 10.5 Å². The molecule has 3 aromatic rings. The Balaban J connectivity index is 1.87. The van der Waals surface area contributed by atoms with Crippen LogP contribution in [0.2, 0.25) is 0 Å². The van der Waals surface area contributed by atoms with Gasteiger partial charge in [0.05, 0.1) is 29.1 Å². The van der Waals surface area contributed by atoms with Gasteiger partial charge in [-0.1, -0.05) is 30.0 Å². The molecular weight excluding hydrogens is 396 g/mol. The first-order valence-corrected chi connectivity index (χ1v) is 10.8. The first kappa shape index (κ1) is 21.6. The summed E-state index contributed by atoms with van der Waals surface area (Å²) in [6, 6.07) is 15.2. The molecule has 1 aromatic heterocycles. The van der Waals surface area contributed by atoms with Gasteiger partial charge in [-0.05, 0) is 56.2 Å². The van der Waals surface area contributed by atoms with Crippen LogP contribution >= 0.6 is 11.8 Å². The molecule has 0 saturated heterocycles. The summed E-state index contributed by atoms with van der Waals surface area (Å²) in [5, 5.41) is 10.1. The van der Waals surface area contributed by atoms with Crippen molar-refractivity contribution >= 4 is 34.3 Å². The molecule has 1 amide bonds. The van der Waals surface area contributed by atoms with Crippen molar-refractivity contribution in [1.82, 2.24) is 9.55 Å². The maximum absolute atomic E-state index is 13.0. The molecule has 0 fully saturated rings. The second kappa shape index (κ2) is 9.59. The molecule has 6 nitrogen and oxygen atoms in total. The Bertz CT molecular complexity index is 1180. The minimum Gasteiger partial charge on any atom is -0.311 e. The summed E-state index contributed by atoms with van der Waals surface area (Å²) in [4.78, 5) is 32.1. The van der Waals surface area contributed by atoms with Crippen LogP contribution in [0, 0.1) is 25.2 Å². The zero-order valence-electron chi connectivity index (χ0n) is 17.4. The summed E-state index contributed by atoms with van der Waals surface area (Å²) in [5.41, 5.74) is 3.53. The summed E-state index contributed by atoms with van der Waals surface area (Å²) in [5.74, 6) is 0.00641. The van der Waals surface area contributed by atoms with Crippen molar-refractivity contribution in [3.05, 3.63) is 63.9 Å². The highest BCUT2D eigenvalue weighted by Crippen LogP contribution is 2.23. The van der Waals surface area contributed by atoms with E-state index in [1.165, 1.54) is 11.8 Å². The maximum Gasteiger partial charge on any atom is 0.262 e. The van der Waals surface area contributed by atoms with E-state index in [9.17, 15) is 9.59 Å². The maximum atomic E-state index is 13.0. The van der Waals surface area contributed by atoms with E-state index in [0.29, 0.717) is 29.1 Å². The molecular formula is C23H24N4O2S. The van der Waals surface area contributed by atoms with Gasteiger partial charge in [-0.3, -0.25) is 14.2 Å². The molecule has 0 aliphatic carbocycles. The van der Waals surface area contributed by atoms with Gasteiger partial charge in [0.15, 0.2) is 5.16 Å². The molecule has 1 heterocycles. The van der Waals surface area contributed by atoms with Gasteiger partial charge in [-0.25, -0.2) is 4.98 Å². The lowest BCUT2D eigenvalue weighted by Gasteiger charge is -2.23. The van der Waals surface area contributed by atoms with E-state index >= 15 is 0 Å². The number of aromatic nitrogens is 2. The Hall–Kier alpha value is -3.11. The number of nitriles is 1. The van der Waals surface area contributed by atoms with Gasteiger partial charge in [0.25, 0.3) is 5.56 Å². The van der Waals surface area contributed by atoms with E-state index in [1.807, 2.05) is 51.1 Å². The monoisotopic (exact) mass is 420 g/mol. The van der Waals surface area contributed by atoms with E-state index in [0.717, 1.165) is 16.8 Å². The highest BCUT2D eigenvalue weighted by molar-refractivity contribution is 7.99. The SMILES string of the molecule is CCn1c(SCC(=O)N(CCC#N)c2ccc(C)c(C)c2)nc2ccccc2c1=O. The smallest absolute Gasteiger partial charge is 0.262 e. The third-order valence-corrected chi connectivity index (χ3v) is 5.98. The molecule has 0 N–H and O–H groups in total. The number of carbonyl (C=O) groups excluding carboxylic acids is 1. The Morgan fingerprint density at radius 3 is 2.67 bits per heavy atom. The van der Waals surface area contributed by atoms with Crippen LogP contribution in [0.3, 0.4) is 0 Å². The molecule has 0 spiro atoms. The minimum absolute atomic E-state index is 0.103. The fourth-order valence-electron chi connectivity index (χ4n) is 3.19. The van der Waals surface area contributed by atoms with Gasteiger partial charge < -0.3 is 4.90 Å². The number of para-hydroxylation sites is 1. The fraction of sp³-hybridized carbons (Fsp3) is 0.304. The molecule has 154 valence electrons. The summed E-state index contributed by atoms with van der Waals surface area (Å²) < 4.78 is 1.59. The standard InChI is InChI=1S/C23H24N4O2S/c1-4-26-22(29)19-8-5-6-9-20(19)25-23(26)30-15-21(28)27(13-7-12-24)18-11-10-16(2)17(3)14-18/h5-6,8-11,14H,4,7,13,15H2,1-3H3. The fourth-order valence-corrected chi connectivity index (χ4v) is 4.13. The van der Waals surface area contributed by atoms with Crippen LogP contribution in [-0.2, 0) is 11.3 Å². The van der Waals surface area contributed by atoms with Gasteiger partial charge in [0, 0.05) is 18.8 Å². The van der Waals surface area contributed by atoms with E-state index in [1.54, 1.807) is 21.6 Å². The van der Waals surface area contributed by atoms with Crippen molar-refractivity contribution in [2.45, 2.75) is 38.9 Å². The number of aryl methyl sites for hydroxylation is 2. The van der Waals surface area contributed by atoms with Crippen molar-refractivity contribution in [1.29, 1.82) is 5.26 Å². The summed E-state index contributed by atoms with van der Waals surface area (Å²) >= 11 is 1.25. The normalized spacial score (nSPS) is 10.7. The molecule has 2 aromatic carbocycles.